The predicted octanol–water partition coefficient (Wildman–Crippen LogP) is 0.617. The van der Waals surface area contributed by atoms with Crippen LogP contribution < -0.4 is 0 Å². The van der Waals surface area contributed by atoms with Gasteiger partial charge in [0.05, 0.1) is 25.1 Å². The van der Waals surface area contributed by atoms with Crippen LogP contribution in [-0.2, 0) is 19.3 Å². The minimum atomic E-state index is -2.89. The van der Waals surface area contributed by atoms with Gasteiger partial charge in [0.15, 0.2) is 0 Å². The first-order valence-electron chi connectivity index (χ1n) is 4.95. The Bertz CT molecular complexity index is 242. The van der Waals surface area contributed by atoms with E-state index in [-0.39, 0.29) is 18.5 Å². The number of hydrogen-bond donors (Lipinski definition) is 0. The maximum atomic E-state index is 10.8. The third kappa shape index (κ3) is 5.57. The van der Waals surface area contributed by atoms with Gasteiger partial charge >= 0.3 is 0 Å². The molecule has 0 aromatic rings. The van der Waals surface area contributed by atoms with E-state index in [1.165, 1.54) is 12.7 Å². The van der Waals surface area contributed by atoms with Gasteiger partial charge in [-0.05, 0) is 19.3 Å². The summed E-state index contributed by atoms with van der Waals surface area (Å²) in [6.45, 7) is 1.61. The van der Waals surface area contributed by atoms with E-state index in [1.807, 2.05) is 0 Å². The molecule has 1 aliphatic rings. The average Bonchev–Trinajstić information content (AvgIpc) is 2.13. The molecule has 0 amide bonds. The molecule has 14 heavy (non-hydrogen) atoms. The van der Waals surface area contributed by atoms with Crippen LogP contribution in [0.2, 0.25) is 0 Å². The summed E-state index contributed by atoms with van der Waals surface area (Å²) in [5, 5.41) is 0. The van der Waals surface area contributed by atoms with Crippen molar-refractivity contribution in [1.82, 2.24) is 0 Å². The fourth-order valence-corrected chi connectivity index (χ4v) is 1.78. The van der Waals surface area contributed by atoms with Gasteiger partial charge in [-0.15, -0.1) is 0 Å². The highest BCUT2D eigenvalue weighted by molar-refractivity contribution is 7.90. The van der Waals surface area contributed by atoms with E-state index in [9.17, 15) is 8.42 Å². The van der Waals surface area contributed by atoms with Crippen molar-refractivity contribution >= 4 is 9.84 Å². The summed E-state index contributed by atoms with van der Waals surface area (Å²) < 4.78 is 32.2. The molecule has 0 aromatic heterocycles. The molecule has 0 bridgehead atoms. The lowest BCUT2D eigenvalue weighted by atomic mass is 10.1. The van der Waals surface area contributed by atoms with Crippen LogP contribution in [0.4, 0.5) is 0 Å². The second kappa shape index (κ2) is 5.68. The first-order chi connectivity index (χ1) is 6.58. The van der Waals surface area contributed by atoms with E-state index >= 15 is 0 Å². The molecule has 1 saturated heterocycles. The largest absolute Gasteiger partial charge is 0.378 e. The van der Waals surface area contributed by atoms with Gasteiger partial charge in [0.2, 0.25) is 0 Å². The number of sulfone groups is 1. The van der Waals surface area contributed by atoms with Crippen molar-refractivity contribution in [2.24, 2.45) is 0 Å². The van der Waals surface area contributed by atoms with Crippen molar-refractivity contribution in [3.63, 3.8) is 0 Å². The lowest BCUT2D eigenvalue weighted by Crippen LogP contribution is -2.25. The van der Waals surface area contributed by atoms with E-state index in [0.29, 0.717) is 6.61 Å². The van der Waals surface area contributed by atoms with Crippen LogP contribution in [0, 0.1) is 0 Å². The van der Waals surface area contributed by atoms with Crippen molar-refractivity contribution in [3.05, 3.63) is 0 Å². The first kappa shape index (κ1) is 11.9. The molecule has 84 valence electrons. The molecule has 0 saturated carbocycles. The summed E-state index contributed by atoms with van der Waals surface area (Å²) >= 11 is 0. The van der Waals surface area contributed by atoms with E-state index in [2.05, 4.69) is 0 Å². The molecular formula is C9H18O4S. The highest BCUT2D eigenvalue weighted by atomic mass is 32.2. The second-order valence-electron chi connectivity index (χ2n) is 3.69. The van der Waals surface area contributed by atoms with Crippen molar-refractivity contribution in [2.45, 2.75) is 25.4 Å². The van der Waals surface area contributed by atoms with Gasteiger partial charge in [-0.3, -0.25) is 0 Å². The second-order valence-corrected chi connectivity index (χ2v) is 5.95. The molecular weight excluding hydrogens is 204 g/mol. The highest BCUT2D eigenvalue weighted by Crippen LogP contribution is 2.12. The molecule has 0 N–H and O–H groups in total. The molecule has 1 rings (SSSR count). The van der Waals surface area contributed by atoms with Gasteiger partial charge in [-0.2, -0.15) is 0 Å². The molecule has 0 aromatic carbocycles. The Morgan fingerprint density at radius 2 is 2.21 bits per heavy atom. The molecule has 4 nitrogen and oxygen atoms in total. The summed E-state index contributed by atoms with van der Waals surface area (Å²) in [6, 6.07) is 0. The lowest BCUT2D eigenvalue weighted by Gasteiger charge is -2.22. The van der Waals surface area contributed by atoms with E-state index in [4.69, 9.17) is 9.47 Å². The normalized spacial score (nSPS) is 23.6. The summed E-state index contributed by atoms with van der Waals surface area (Å²) in [5.74, 6) is 0.0969. The molecule has 1 aliphatic heterocycles. The zero-order chi connectivity index (χ0) is 10.4. The van der Waals surface area contributed by atoms with Gasteiger partial charge in [-0.25, -0.2) is 8.42 Å². The summed E-state index contributed by atoms with van der Waals surface area (Å²) in [6.07, 6.45) is 4.72. The van der Waals surface area contributed by atoms with Crippen LogP contribution in [-0.4, -0.2) is 46.4 Å². The molecule has 0 radical (unpaired) electrons. The SMILES string of the molecule is CS(=O)(=O)CCOC[C@@H]1CCCCO1. The topological polar surface area (TPSA) is 52.6 Å². The number of rotatable bonds is 5. The smallest absolute Gasteiger partial charge is 0.149 e. The van der Waals surface area contributed by atoms with Crippen LogP contribution in [0.3, 0.4) is 0 Å². The minimum absolute atomic E-state index is 0.0969. The Labute approximate surface area is 85.5 Å². The van der Waals surface area contributed by atoms with E-state index < -0.39 is 9.84 Å². The van der Waals surface area contributed by atoms with Crippen LogP contribution in [0.15, 0.2) is 0 Å². The quantitative estimate of drug-likeness (QED) is 0.640. The Balaban J connectivity index is 2.03. The van der Waals surface area contributed by atoms with Gasteiger partial charge < -0.3 is 9.47 Å². The predicted molar refractivity (Wildman–Crippen MR) is 54.1 cm³/mol. The molecule has 0 aliphatic carbocycles. The van der Waals surface area contributed by atoms with Gasteiger partial charge in [0, 0.05) is 12.9 Å². The van der Waals surface area contributed by atoms with E-state index in [0.717, 1.165) is 19.4 Å². The monoisotopic (exact) mass is 222 g/mol. The van der Waals surface area contributed by atoms with Crippen LogP contribution in [0.25, 0.3) is 0 Å². The molecule has 1 heterocycles. The Morgan fingerprint density at radius 1 is 1.43 bits per heavy atom. The Kier molecular flexibility index (Phi) is 4.84. The van der Waals surface area contributed by atoms with Gasteiger partial charge in [0.25, 0.3) is 0 Å². The number of hydrogen-bond acceptors (Lipinski definition) is 4. The fourth-order valence-electron chi connectivity index (χ4n) is 1.36. The van der Waals surface area contributed by atoms with Crippen molar-refractivity contribution in [3.8, 4) is 0 Å². The first-order valence-corrected chi connectivity index (χ1v) is 7.01. The Hall–Kier alpha value is -0.130. The zero-order valence-electron chi connectivity index (χ0n) is 8.57. The highest BCUT2D eigenvalue weighted by Gasteiger charge is 2.13. The van der Waals surface area contributed by atoms with Crippen molar-refractivity contribution in [2.75, 3.05) is 31.8 Å². The summed E-state index contributed by atoms with van der Waals surface area (Å²) in [5.41, 5.74) is 0. The third-order valence-corrected chi connectivity index (χ3v) is 3.08. The van der Waals surface area contributed by atoms with Crippen LogP contribution >= 0.6 is 0 Å². The maximum Gasteiger partial charge on any atom is 0.149 e. The molecule has 0 unspecified atom stereocenters. The van der Waals surface area contributed by atoms with Gasteiger partial charge in [-0.1, -0.05) is 0 Å². The summed E-state index contributed by atoms with van der Waals surface area (Å²) in [7, 11) is -2.89. The third-order valence-electron chi connectivity index (χ3n) is 2.18. The fraction of sp³-hybridized carbons (Fsp3) is 1.00. The summed E-state index contributed by atoms with van der Waals surface area (Å²) in [4.78, 5) is 0. The molecule has 1 fully saturated rings. The zero-order valence-corrected chi connectivity index (χ0v) is 9.38. The van der Waals surface area contributed by atoms with Crippen LogP contribution in [0.1, 0.15) is 19.3 Å². The maximum absolute atomic E-state index is 10.8. The molecule has 5 heteroatoms. The lowest BCUT2D eigenvalue weighted by molar-refractivity contribution is -0.0378. The Morgan fingerprint density at radius 3 is 2.79 bits per heavy atom. The van der Waals surface area contributed by atoms with Crippen molar-refractivity contribution in [1.29, 1.82) is 0 Å². The number of ether oxygens (including phenoxy) is 2. The average molecular weight is 222 g/mol. The molecule has 1 atom stereocenters. The van der Waals surface area contributed by atoms with E-state index in [1.54, 1.807) is 0 Å². The molecule has 0 spiro atoms. The minimum Gasteiger partial charge on any atom is -0.378 e. The van der Waals surface area contributed by atoms with Crippen molar-refractivity contribution < 1.29 is 17.9 Å². The van der Waals surface area contributed by atoms with Gasteiger partial charge in [0.1, 0.15) is 9.84 Å². The van der Waals surface area contributed by atoms with Crippen LogP contribution in [0.5, 0.6) is 0 Å². The standard InChI is InChI=1S/C9H18O4S/c1-14(10,11)7-6-12-8-9-4-2-3-5-13-9/h9H,2-8H2,1H3/t9-/m0/s1.